The summed E-state index contributed by atoms with van der Waals surface area (Å²) in [4.78, 5) is 6.98. The van der Waals surface area contributed by atoms with Gasteiger partial charge in [-0.1, -0.05) is 23.4 Å². The monoisotopic (exact) mass is 395 g/mol. The number of benzene rings is 2. The third kappa shape index (κ3) is 4.02. The van der Waals surface area contributed by atoms with Crippen LogP contribution >= 0.6 is 0 Å². The summed E-state index contributed by atoms with van der Waals surface area (Å²) in [6.07, 6.45) is 0.617. The second kappa shape index (κ2) is 7.93. The van der Waals surface area contributed by atoms with Crippen LogP contribution in [0.1, 0.15) is 22.9 Å². The Morgan fingerprint density at radius 2 is 2.00 bits per heavy atom. The summed E-state index contributed by atoms with van der Waals surface area (Å²) < 4.78 is 30.2. The molecule has 0 radical (unpaired) electrons. The molecule has 5 rings (SSSR count). The third-order valence-electron chi connectivity index (χ3n) is 5.41. The van der Waals surface area contributed by atoms with Crippen molar-refractivity contribution in [2.24, 2.45) is 0 Å². The fourth-order valence-electron chi connectivity index (χ4n) is 3.87. The van der Waals surface area contributed by atoms with Gasteiger partial charge in [0.1, 0.15) is 18.2 Å². The Bertz CT molecular complexity index is 1000. The van der Waals surface area contributed by atoms with Gasteiger partial charge in [0.2, 0.25) is 11.7 Å². The molecule has 1 fully saturated rings. The van der Waals surface area contributed by atoms with Gasteiger partial charge in [-0.2, -0.15) is 4.98 Å². The van der Waals surface area contributed by atoms with Gasteiger partial charge in [0.15, 0.2) is 0 Å². The van der Waals surface area contributed by atoms with E-state index >= 15 is 0 Å². The predicted octanol–water partition coefficient (Wildman–Crippen LogP) is 3.43. The van der Waals surface area contributed by atoms with Crippen LogP contribution in [0.3, 0.4) is 0 Å². The molecule has 0 unspecified atom stereocenters. The molecule has 0 bridgehead atoms. The van der Waals surface area contributed by atoms with Crippen LogP contribution in [-0.4, -0.2) is 48.0 Å². The Balaban J connectivity index is 1.32. The maximum absolute atomic E-state index is 13.5. The summed E-state index contributed by atoms with van der Waals surface area (Å²) in [6, 6.07) is 12.8. The zero-order valence-corrected chi connectivity index (χ0v) is 16.0. The van der Waals surface area contributed by atoms with Gasteiger partial charge >= 0.3 is 0 Å². The number of nitrogens with zero attached hydrogens (tertiary/aromatic N) is 3. The summed E-state index contributed by atoms with van der Waals surface area (Å²) in [5.74, 6) is 1.46. The van der Waals surface area contributed by atoms with Gasteiger partial charge in [-0.25, -0.2) is 4.39 Å². The van der Waals surface area contributed by atoms with E-state index < -0.39 is 0 Å². The molecule has 0 saturated carbocycles. The van der Waals surface area contributed by atoms with Crippen molar-refractivity contribution >= 4 is 0 Å². The van der Waals surface area contributed by atoms with E-state index in [9.17, 15) is 4.39 Å². The standard InChI is InChI=1S/C22H22FN3O3/c23-19-4-5-20-17(12-19)11-18(14-28-20)22-24-21(25-29-22)16-3-1-2-15(10-16)13-26-6-8-27-9-7-26/h1-5,10,12,18H,6-9,11,13-14H2/t18-/m0/s1. The Labute approximate surface area is 168 Å². The van der Waals surface area contributed by atoms with Crippen molar-refractivity contribution in [3.05, 3.63) is 65.3 Å². The van der Waals surface area contributed by atoms with Crippen molar-refractivity contribution in [2.75, 3.05) is 32.9 Å². The topological polar surface area (TPSA) is 60.6 Å². The first kappa shape index (κ1) is 18.3. The molecule has 7 heteroatoms. The van der Waals surface area contributed by atoms with Crippen LogP contribution in [0.5, 0.6) is 5.75 Å². The quantitative estimate of drug-likeness (QED) is 0.675. The molecular weight excluding hydrogens is 373 g/mol. The molecule has 1 saturated heterocycles. The fraction of sp³-hybridized carbons (Fsp3) is 0.364. The second-order valence-electron chi connectivity index (χ2n) is 7.51. The van der Waals surface area contributed by atoms with Crippen molar-refractivity contribution in [3.63, 3.8) is 0 Å². The molecule has 2 aliphatic rings. The van der Waals surface area contributed by atoms with Crippen molar-refractivity contribution in [1.29, 1.82) is 0 Å². The van der Waals surface area contributed by atoms with Crippen LogP contribution in [0.25, 0.3) is 11.4 Å². The number of hydrogen-bond acceptors (Lipinski definition) is 6. The summed E-state index contributed by atoms with van der Waals surface area (Å²) >= 11 is 0. The minimum Gasteiger partial charge on any atom is -0.492 e. The number of morpholine rings is 1. The largest absolute Gasteiger partial charge is 0.492 e. The molecule has 2 aliphatic heterocycles. The lowest BCUT2D eigenvalue weighted by molar-refractivity contribution is 0.0342. The van der Waals surface area contributed by atoms with Crippen molar-refractivity contribution in [3.8, 4) is 17.1 Å². The minimum atomic E-state index is -0.267. The molecule has 0 N–H and O–H groups in total. The summed E-state index contributed by atoms with van der Waals surface area (Å²) in [5.41, 5.74) is 2.96. The number of hydrogen-bond donors (Lipinski definition) is 0. The van der Waals surface area contributed by atoms with Crippen molar-refractivity contribution in [2.45, 2.75) is 18.9 Å². The second-order valence-corrected chi connectivity index (χ2v) is 7.51. The summed E-state index contributed by atoms with van der Waals surface area (Å²) in [5, 5.41) is 4.17. The van der Waals surface area contributed by atoms with Crippen LogP contribution in [0.2, 0.25) is 0 Å². The minimum absolute atomic E-state index is 0.0814. The third-order valence-corrected chi connectivity index (χ3v) is 5.41. The van der Waals surface area contributed by atoms with Gasteiger partial charge in [-0.05, 0) is 41.8 Å². The van der Waals surface area contributed by atoms with Crippen LogP contribution in [0.15, 0.2) is 47.0 Å². The molecule has 6 nitrogen and oxygen atoms in total. The van der Waals surface area contributed by atoms with Gasteiger partial charge in [0, 0.05) is 25.2 Å². The molecular formula is C22H22FN3O3. The first-order valence-electron chi connectivity index (χ1n) is 9.89. The number of ether oxygens (including phenoxy) is 2. The lowest BCUT2D eigenvalue weighted by atomic mass is 9.96. The highest BCUT2D eigenvalue weighted by atomic mass is 19.1. The molecule has 1 atom stereocenters. The molecule has 2 aromatic carbocycles. The number of fused-ring (bicyclic) bond motifs is 1. The van der Waals surface area contributed by atoms with E-state index in [1.807, 2.05) is 12.1 Å². The van der Waals surface area contributed by atoms with E-state index in [1.54, 1.807) is 6.07 Å². The maximum Gasteiger partial charge on any atom is 0.233 e. The smallest absolute Gasteiger partial charge is 0.233 e. The zero-order chi connectivity index (χ0) is 19.6. The van der Waals surface area contributed by atoms with E-state index in [-0.39, 0.29) is 11.7 Å². The van der Waals surface area contributed by atoms with E-state index in [0.29, 0.717) is 24.7 Å². The van der Waals surface area contributed by atoms with Gasteiger partial charge in [0.05, 0.1) is 19.1 Å². The zero-order valence-electron chi connectivity index (χ0n) is 16.0. The first-order valence-corrected chi connectivity index (χ1v) is 9.89. The summed E-state index contributed by atoms with van der Waals surface area (Å²) in [6.45, 7) is 4.77. The van der Waals surface area contributed by atoms with E-state index in [4.69, 9.17) is 14.0 Å². The molecule has 0 aliphatic carbocycles. The number of rotatable bonds is 4. The van der Waals surface area contributed by atoms with Crippen LogP contribution in [-0.2, 0) is 17.7 Å². The predicted molar refractivity (Wildman–Crippen MR) is 104 cm³/mol. The highest BCUT2D eigenvalue weighted by Crippen LogP contribution is 2.33. The Hall–Kier alpha value is -2.77. The van der Waals surface area contributed by atoms with Crippen LogP contribution < -0.4 is 4.74 Å². The molecule has 0 spiro atoms. The molecule has 150 valence electrons. The highest BCUT2D eigenvalue weighted by molar-refractivity contribution is 5.55. The van der Waals surface area contributed by atoms with E-state index in [2.05, 4.69) is 27.2 Å². The van der Waals surface area contributed by atoms with Crippen LogP contribution in [0, 0.1) is 5.82 Å². The normalized spacial score (nSPS) is 19.6. The average molecular weight is 395 g/mol. The molecule has 3 aromatic rings. The van der Waals surface area contributed by atoms with Crippen LogP contribution in [0.4, 0.5) is 4.39 Å². The Morgan fingerprint density at radius 1 is 1.10 bits per heavy atom. The SMILES string of the molecule is Fc1ccc2c(c1)C[C@H](c1nc(-c3cccc(CN4CCOCC4)c3)no1)CO2. The van der Waals surface area contributed by atoms with Gasteiger partial charge in [-0.15, -0.1) is 0 Å². The van der Waals surface area contributed by atoms with Crippen molar-refractivity contribution < 1.29 is 18.4 Å². The maximum atomic E-state index is 13.5. The molecule has 29 heavy (non-hydrogen) atoms. The lowest BCUT2D eigenvalue weighted by Crippen LogP contribution is -2.35. The number of aromatic nitrogens is 2. The molecule has 0 amide bonds. The van der Waals surface area contributed by atoms with Gasteiger partial charge in [-0.3, -0.25) is 4.90 Å². The average Bonchev–Trinajstić information content (AvgIpc) is 3.24. The van der Waals surface area contributed by atoms with Gasteiger partial charge < -0.3 is 14.0 Å². The Kier molecular flexibility index (Phi) is 4.99. The molecule has 1 aromatic heterocycles. The lowest BCUT2D eigenvalue weighted by Gasteiger charge is -2.26. The van der Waals surface area contributed by atoms with E-state index in [0.717, 1.165) is 49.7 Å². The highest BCUT2D eigenvalue weighted by Gasteiger charge is 2.27. The fourth-order valence-corrected chi connectivity index (χ4v) is 3.87. The van der Waals surface area contributed by atoms with Crippen molar-refractivity contribution in [1.82, 2.24) is 15.0 Å². The van der Waals surface area contributed by atoms with Gasteiger partial charge in [0.25, 0.3) is 0 Å². The summed E-state index contributed by atoms with van der Waals surface area (Å²) in [7, 11) is 0. The Morgan fingerprint density at radius 3 is 2.90 bits per heavy atom. The van der Waals surface area contributed by atoms with E-state index in [1.165, 1.54) is 17.7 Å². The first-order chi connectivity index (χ1) is 14.2. The molecule has 3 heterocycles. The number of halogens is 1.